The van der Waals surface area contributed by atoms with Crippen molar-refractivity contribution < 1.29 is 9.53 Å². The van der Waals surface area contributed by atoms with Gasteiger partial charge < -0.3 is 10.1 Å². The Kier molecular flexibility index (Phi) is 5.34. The van der Waals surface area contributed by atoms with Crippen LogP contribution < -0.4 is 5.32 Å². The predicted octanol–water partition coefficient (Wildman–Crippen LogP) is 1.04. The van der Waals surface area contributed by atoms with E-state index in [1.807, 2.05) is 30.3 Å². The molecule has 0 saturated carbocycles. The molecule has 0 atom stereocenters. The van der Waals surface area contributed by atoms with Crippen LogP contribution in [-0.4, -0.2) is 56.7 Å². The van der Waals surface area contributed by atoms with Crippen LogP contribution in [0.3, 0.4) is 0 Å². The van der Waals surface area contributed by atoms with Gasteiger partial charge in [-0.2, -0.15) is 9.61 Å². The monoisotopic (exact) mass is 344 g/mol. The van der Waals surface area contributed by atoms with Gasteiger partial charge in [0.2, 0.25) is 11.7 Å². The summed E-state index contributed by atoms with van der Waals surface area (Å²) in [6, 6.07) is 9.20. The molecule has 1 amide bonds. The summed E-state index contributed by atoms with van der Waals surface area (Å²) < 4.78 is 6.52. The van der Waals surface area contributed by atoms with E-state index in [9.17, 15) is 4.79 Å². The van der Waals surface area contributed by atoms with Gasteiger partial charge in [-0.25, -0.2) is 0 Å². The third-order valence-electron chi connectivity index (χ3n) is 3.11. The van der Waals surface area contributed by atoms with Crippen LogP contribution in [0.4, 0.5) is 0 Å². The van der Waals surface area contributed by atoms with Crippen LogP contribution in [0.2, 0.25) is 0 Å². The fraction of sp³-hybridized carbons (Fsp3) is 0.267. The Hall–Kier alpha value is -2.52. The lowest BCUT2D eigenvalue weighted by atomic mass is 10.3. The van der Waals surface area contributed by atoms with Crippen LogP contribution >= 0.6 is 11.8 Å². The van der Waals surface area contributed by atoms with E-state index < -0.39 is 0 Å². The van der Waals surface area contributed by atoms with E-state index in [1.165, 1.54) is 11.8 Å². The van der Waals surface area contributed by atoms with Crippen molar-refractivity contribution in [1.29, 1.82) is 0 Å². The summed E-state index contributed by atoms with van der Waals surface area (Å²) in [5.41, 5.74) is 1.32. The summed E-state index contributed by atoms with van der Waals surface area (Å²) in [7, 11) is 1.60. The van der Waals surface area contributed by atoms with Gasteiger partial charge in [0.1, 0.15) is 10.7 Å². The van der Waals surface area contributed by atoms with E-state index in [1.54, 1.807) is 17.8 Å². The molecular formula is C15H16N6O2S. The first-order chi connectivity index (χ1) is 11.8. The molecule has 0 aliphatic rings. The van der Waals surface area contributed by atoms with Gasteiger partial charge in [-0.1, -0.05) is 17.8 Å². The molecule has 8 nitrogen and oxygen atoms in total. The minimum absolute atomic E-state index is 0.0624. The first-order valence-corrected chi connectivity index (χ1v) is 8.29. The second-order valence-electron chi connectivity index (χ2n) is 4.81. The van der Waals surface area contributed by atoms with Crippen molar-refractivity contribution in [2.45, 2.75) is 5.03 Å². The number of nitrogens with zero attached hydrogens (tertiary/aromatic N) is 5. The van der Waals surface area contributed by atoms with Crippen LogP contribution in [0.5, 0.6) is 0 Å². The maximum Gasteiger partial charge on any atom is 0.230 e. The number of nitrogens with one attached hydrogen (secondary N) is 1. The van der Waals surface area contributed by atoms with Gasteiger partial charge in [0.05, 0.1) is 12.4 Å². The Morgan fingerprint density at radius 2 is 2.21 bits per heavy atom. The van der Waals surface area contributed by atoms with Gasteiger partial charge in [0.25, 0.3) is 0 Å². The summed E-state index contributed by atoms with van der Waals surface area (Å²) >= 11 is 1.35. The molecule has 0 aromatic carbocycles. The molecule has 124 valence electrons. The van der Waals surface area contributed by atoms with Gasteiger partial charge in [0.15, 0.2) is 5.65 Å². The molecule has 3 aromatic rings. The summed E-state index contributed by atoms with van der Waals surface area (Å²) in [6.45, 7) is 0.992. The maximum absolute atomic E-state index is 11.7. The number of carbonyl (C=O) groups excluding carboxylic acids is 1. The first kappa shape index (κ1) is 16.3. The molecule has 3 heterocycles. The van der Waals surface area contributed by atoms with Crippen LogP contribution in [0.25, 0.3) is 17.2 Å². The minimum atomic E-state index is -0.0624. The van der Waals surface area contributed by atoms with E-state index in [0.29, 0.717) is 35.3 Å². The van der Waals surface area contributed by atoms with Gasteiger partial charge in [-0.05, 0) is 24.3 Å². The molecule has 3 rings (SSSR count). The number of pyridine rings is 1. The third-order valence-corrected chi connectivity index (χ3v) is 4.03. The fourth-order valence-electron chi connectivity index (χ4n) is 1.99. The molecule has 0 fully saturated rings. The number of thioether (sulfide) groups is 1. The molecule has 0 bridgehead atoms. The highest BCUT2D eigenvalue weighted by molar-refractivity contribution is 7.99. The van der Waals surface area contributed by atoms with Crippen LogP contribution in [-0.2, 0) is 9.53 Å². The lowest BCUT2D eigenvalue weighted by Gasteiger charge is -2.04. The third kappa shape index (κ3) is 3.87. The standard InChI is InChI=1S/C15H16N6O2S/c1-23-9-8-17-13(22)10-24-14-6-5-12-18-19-15(21(12)20-14)11-4-2-3-7-16-11/h2-7H,8-10H2,1H3,(H,17,22). The van der Waals surface area contributed by atoms with Crippen molar-refractivity contribution in [1.82, 2.24) is 30.1 Å². The maximum atomic E-state index is 11.7. The average molecular weight is 344 g/mol. The quantitative estimate of drug-likeness (QED) is 0.505. The van der Waals surface area contributed by atoms with E-state index in [2.05, 4.69) is 25.6 Å². The number of methoxy groups -OCH3 is 1. The van der Waals surface area contributed by atoms with Crippen LogP contribution in [0, 0.1) is 0 Å². The zero-order valence-electron chi connectivity index (χ0n) is 13.0. The summed E-state index contributed by atoms with van der Waals surface area (Å²) in [5, 5.41) is 16.2. The Morgan fingerprint density at radius 3 is 3.00 bits per heavy atom. The molecule has 0 saturated heterocycles. The van der Waals surface area contributed by atoms with E-state index in [-0.39, 0.29) is 11.7 Å². The first-order valence-electron chi connectivity index (χ1n) is 7.30. The SMILES string of the molecule is COCCNC(=O)CSc1ccc2nnc(-c3ccccn3)n2n1. The number of ether oxygens (including phenoxy) is 1. The molecule has 3 aromatic heterocycles. The topological polar surface area (TPSA) is 94.3 Å². The normalized spacial score (nSPS) is 10.9. The lowest BCUT2D eigenvalue weighted by molar-refractivity contribution is -0.118. The molecule has 9 heteroatoms. The second kappa shape index (κ2) is 7.84. The van der Waals surface area contributed by atoms with Gasteiger partial charge >= 0.3 is 0 Å². The summed E-state index contributed by atoms with van der Waals surface area (Å²) in [5.74, 6) is 0.786. The van der Waals surface area contributed by atoms with Crippen molar-refractivity contribution in [2.24, 2.45) is 0 Å². The smallest absolute Gasteiger partial charge is 0.230 e. The van der Waals surface area contributed by atoms with E-state index in [4.69, 9.17) is 4.74 Å². The lowest BCUT2D eigenvalue weighted by Crippen LogP contribution is -2.28. The number of aromatic nitrogens is 5. The van der Waals surface area contributed by atoms with Crippen molar-refractivity contribution >= 4 is 23.3 Å². The Bertz CT molecular complexity index is 823. The van der Waals surface area contributed by atoms with Gasteiger partial charge in [0, 0.05) is 19.9 Å². The highest BCUT2D eigenvalue weighted by Gasteiger charge is 2.11. The number of fused-ring (bicyclic) bond motifs is 1. The van der Waals surface area contributed by atoms with Crippen LogP contribution in [0.15, 0.2) is 41.6 Å². The minimum Gasteiger partial charge on any atom is -0.383 e. The molecule has 0 unspecified atom stereocenters. The molecule has 0 aliphatic carbocycles. The van der Waals surface area contributed by atoms with Crippen molar-refractivity contribution in [3.05, 3.63) is 36.5 Å². The largest absolute Gasteiger partial charge is 0.383 e. The average Bonchev–Trinajstić information content (AvgIpc) is 3.04. The predicted molar refractivity (Wildman–Crippen MR) is 89.6 cm³/mol. The summed E-state index contributed by atoms with van der Waals surface area (Å²) in [6.07, 6.45) is 1.69. The van der Waals surface area contributed by atoms with E-state index >= 15 is 0 Å². The van der Waals surface area contributed by atoms with Gasteiger partial charge in [-0.15, -0.1) is 10.2 Å². The highest BCUT2D eigenvalue weighted by atomic mass is 32.2. The molecule has 24 heavy (non-hydrogen) atoms. The molecular weight excluding hydrogens is 328 g/mol. The van der Waals surface area contributed by atoms with Crippen molar-refractivity contribution in [3.8, 4) is 11.5 Å². The molecule has 0 spiro atoms. The zero-order chi connectivity index (χ0) is 16.8. The number of carbonyl (C=O) groups is 1. The van der Waals surface area contributed by atoms with E-state index in [0.717, 1.165) is 0 Å². The summed E-state index contributed by atoms with van der Waals surface area (Å²) in [4.78, 5) is 16.0. The number of amides is 1. The number of hydrogen-bond acceptors (Lipinski definition) is 7. The van der Waals surface area contributed by atoms with Crippen LogP contribution in [0.1, 0.15) is 0 Å². The Labute approximate surface area is 142 Å². The number of rotatable bonds is 7. The second-order valence-corrected chi connectivity index (χ2v) is 5.81. The molecule has 0 radical (unpaired) electrons. The fourth-order valence-corrected chi connectivity index (χ4v) is 2.67. The zero-order valence-corrected chi connectivity index (χ0v) is 13.9. The van der Waals surface area contributed by atoms with Gasteiger partial charge in [-0.3, -0.25) is 9.78 Å². The number of hydrogen-bond donors (Lipinski definition) is 1. The Morgan fingerprint density at radius 1 is 1.29 bits per heavy atom. The van der Waals surface area contributed by atoms with Crippen molar-refractivity contribution in [2.75, 3.05) is 26.0 Å². The molecule has 0 aliphatic heterocycles. The van der Waals surface area contributed by atoms with Crippen molar-refractivity contribution in [3.63, 3.8) is 0 Å². The molecule has 1 N–H and O–H groups in total. The Balaban J connectivity index is 1.73. The highest BCUT2D eigenvalue weighted by Crippen LogP contribution is 2.19.